The van der Waals surface area contributed by atoms with Crippen molar-refractivity contribution in [1.29, 1.82) is 0 Å². The number of rotatable bonds is 4. The smallest absolute Gasteiger partial charge is 0.138 e. The topological polar surface area (TPSA) is 58.9 Å². The van der Waals surface area contributed by atoms with Gasteiger partial charge in [-0.3, -0.25) is 0 Å². The molecule has 2 heterocycles. The number of fused-ring (bicyclic) bond motifs is 1. The largest absolute Gasteiger partial charge is 0.461 e. The minimum absolute atomic E-state index is 0.641. The van der Waals surface area contributed by atoms with Gasteiger partial charge in [0, 0.05) is 11.8 Å². The molecule has 3 aromatic rings. The van der Waals surface area contributed by atoms with Crippen LogP contribution < -0.4 is 0 Å². The standard InChI is InChI=1S/C18H19NO3/c1-11-4-7-15-14(10-11)18(16-9-6-13(3)21-16)17(22-15)8-5-12(2)19-20/h4,6-7,9-10,20H,5,8H2,1-3H3. The summed E-state index contributed by atoms with van der Waals surface area (Å²) in [7, 11) is 0. The van der Waals surface area contributed by atoms with Crippen LogP contribution in [0.2, 0.25) is 0 Å². The maximum Gasteiger partial charge on any atom is 0.138 e. The predicted molar refractivity (Wildman–Crippen MR) is 86.6 cm³/mol. The van der Waals surface area contributed by atoms with Crippen LogP contribution in [0.4, 0.5) is 0 Å². The number of nitrogens with zero attached hydrogens (tertiary/aromatic N) is 1. The number of aryl methyl sites for hydroxylation is 3. The maximum absolute atomic E-state index is 8.82. The maximum atomic E-state index is 8.82. The van der Waals surface area contributed by atoms with Crippen molar-refractivity contribution >= 4 is 16.7 Å². The Bertz CT molecular complexity index is 839. The molecule has 0 radical (unpaired) electrons. The van der Waals surface area contributed by atoms with Crippen molar-refractivity contribution in [3.63, 3.8) is 0 Å². The summed E-state index contributed by atoms with van der Waals surface area (Å²) >= 11 is 0. The molecule has 0 aliphatic heterocycles. The second-order valence-electron chi connectivity index (χ2n) is 5.65. The average Bonchev–Trinajstić information content (AvgIpc) is 3.07. The molecular formula is C18H19NO3. The van der Waals surface area contributed by atoms with E-state index in [0.717, 1.165) is 33.8 Å². The molecule has 114 valence electrons. The number of furan rings is 2. The molecule has 0 saturated carbocycles. The summed E-state index contributed by atoms with van der Waals surface area (Å²) in [5, 5.41) is 13.1. The normalized spacial score (nSPS) is 12.2. The van der Waals surface area contributed by atoms with Gasteiger partial charge < -0.3 is 14.0 Å². The van der Waals surface area contributed by atoms with Gasteiger partial charge in [-0.15, -0.1) is 0 Å². The molecule has 0 aliphatic rings. The van der Waals surface area contributed by atoms with E-state index >= 15 is 0 Å². The fraction of sp³-hybridized carbons (Fsp3) is 0.278. The number of hydrogen-bond donors (Lipinski definition) is 1. The number of hydrogen-bond acceptors (Lipinski definition) is 4. The molecule has 0 spiro atoms. The van der Waals surface area contributed by atoms with E-state index in [0.29, 0.717) is 18.6 Å². The first-order valence-electron chi connectivity index (χ1n) is 7.35. The Kier molecular flexibility index (Phi) is 3.75. The molecule has 0 unspecified atom stereocenters. The molecule has 4 nitrogen and oxygen atoms in total. The van der Waals surface area contributed by atoms with E-state index in [1.54, 1.807) is 6.92 Å². The highest BCUT2D eigenvalue weighted by Crippen LogP contribution is 2.37. The Balaban J connectivity index is 2.13. The van der Waals surface area contributed by atoms with Crippen molar-refractivity contribution in [3.05, 3.63) is 47.4 Å². The Morgan fingerprint density at radius 2 is 1.95 bits per heavy atom. The van der Waals surface area contributed by atoms with Crippen LogP contribution in [0.15, 0.2) is 44.3 Å². The predicted octanol–water partition coefficient (Wildman–Crippen LogP) is 5.09. The summed E-state index contributed by atoms with van der Waals surface area (Å²) in [6, 6.07) is 10.1. The van der Waals surface area contributed by atoms with Crippen molar-refractivity contribution in [2.24, 2.45) is 5.16 Å². The van der Waals surface area contributed by atoms with Crippen LogP contribution in [0.3, 0.4) is 0 Å². The lowest BCUT2D eigenvalue weighted by molar-refractivity contribution is 0.317. The van der Waals surface area contributed by atoms with Crippen LogP contribution in [0.5, 0.6) is 0 Å². The highest BCUT2D eigenvalue weighted by Gasteiger charge is 2.18. The van der Waals surface area contributed by atoms with Gasteiger partial charge in [-0.05, 0) is 51.5 Å². The van der Waals surface area contributed by atoms with Gasteiger partial charge in [0.1, 0.15) is 22.9 Å². The Labute approximate surface area is 129 Å². The molecule has 0 fully saturated rings. The van der Waals surface area contributed by atoms with Crippen molar-refractivity contribution in [2.45, 2.75) is 33.6 Å². The molecule has 0 aliphatic carbocycles. The van der Waals surface area contributed by atoms with Gasteiger partial charge in [-0.1, -0.05) is 16.8 Å². The molecule has 0 saturated heterocycles. The molecular weight excluding hydrogens is 278 g/mol. The van der Waals surface area contributed by atoms with Crippen molar-refractivity contribution < 1.29 is 14.0 Å². The lowest BCUT2D eigenvalue weighted by atomic mass is 10.0. The van der Waals surface area contributed by atoms with E-state index in [9.17, 15) is 0 Å². The highest BCUT2D eigenvalue weighted by atomic mass is 16.4. The zero-order valence-electron chi connectivity index (χ0n) is 13.0. The summed E-state index contributed by atoms with van der Waals surface area (Å²) in [6.45, 7) is 5.79. The molecule has 0 amide bonds. The molecule has 0 bridgehead atoms. The SMILES string of the molecule is CC(CCc1oc2ccc(C)cc2c1-c1ccc(C)o1)=NO. The molecule has 0 atom stereocenters. The number of benzene rings is 1. The Morgan fingerprint density at radius 1 is 1.14 bits per heavy atom. The van der Waals surface area contributed by atoms with E-state index in [2.05, 4.69) is 18.1 Å². The summed E-state index contributed by atoms with van der Waals surface area (Å²) < 4.78 is 11.8. The van der Waals surface area contributed by atoms with Crippen LogP contribution in [-0.2, 0) is 6.42 Å². The first-order chi connectivity index (χ1) is 10.6. The third-order valence-corrected chi connectivity index (χ3v) is 3.79. The second-order valence-corrected chi connectivity index (χ2v) is 5.65. The van der Waals surface area contributed by atoms with Gasteiger partial charge >= 0.3 is 0 Å². The fourth-order valence-corrected chi connectivity index (χ4v) is 2.62. The lowest BCUT2D eigenvalue weighted by Gasteiger charge is -2.01. The zero-order valence-corrected chi connectivity index (χ0v) is 13.0. The second kappa shape index (κ2) is 5.72. The lowest BCUT2D eigenvalue weighted by Crippen LogP contribution is -1.95. The minimum Gasteiger partial charge on any atom is -0.461 e. The van der Waals surface area contributed by atoms with Crippen molar-refractivity contribution in [3.8, 4) is 11.3 Å². The molecule has 1 aromatic carbocycles. The van der Waals surface area contributed by atoms with Crippen LogP contribution in [-0.4, -0.2) is 10.9 Å². The van der Waals surface area contributed by atoms with Gasteiger partial charge in [-0.25, -0.2) is 0 Å². The van der Waals surface area contributed by atoms with Gasteiger partial charge in [0.25, 0.3) is 0 Å². The van der Waals surface area contributed by atoms with Crippen LogP contribution in [0, 0.1) is 13.8 Å². The quantitative estimate of drug-likeness (QED) is 0.414. The molecule has 2 aromatic heterocycles. The fourth-order valence-electron chi connectivity index (χ4n) is 2.62. The van der Waals surface area contributed by atoms with Crippen LogP contribution in [0.25, 0.3) is 22.3 Å². The summed E-state index contributed by atoms with van der Waals surface area (Å²) in [6.07, 6.45) is 1.31. The zero-order chi connectivity index (χ0) is 15.7. The van der Waals surface area contributed by atoms with E-state index in [1.807, 2.05) is 31.2 Å². The Morgan fingerprint density at radius 3 is 2.64 bits per heavy atom. The monoisotopic (exact) mass is 297 g/mol. The third-order valence-electron chi connectivity index (χ3n) is 3.79. The van der Waals surface area contributed by atoms with Crippen molar-refractivity contribution in [2.75, 3.05) is 0 Å². The van der Waals surface area contributed by atoms with Gasteiger partial charge in [0.15, 0.2) is 0 Å². The Hall–Kier alpha value is -2.49. The summed E-state index contributed by atoms with van der Waals surface area (Å²) in [4.78, 5) is 0. The molecule has 1 N–H and O–H groups in total. The van der Waals surface area contributed by atoms with Crippen LogP contribution in [0.1, 0.15) is 30.4 Å². The van der Waals surface area contributed by atoms with Gasteiger partial charge in [-0.2, -0.15) is 0 Å². The first-order valence-corrected chi connectivity index (χ1v) is 7.35. The molecule has 22 heavy (non-hydrogen) atoms. The van der Waals surface area contributed by atoms with E-state index < -0.39 is 0 Å². The van der Waals surface area contributed by atoms with Crippen LogP contribution >= 0.6 is 0 Å². The van der Waals surface area contributed by atoms with E-state index in [4.69, 9.17) is 14.0 Å². The summed E-state index contributed by atoms with van der Waals surface area (Å²) in [5.41, 5.74) is 3.71. The third kappa shape index (κ3) is 2.64. The number of oxime groups is 1. The highest BCUT2D eigenvalue weighted by molar-refractivity contribution is 5.95. The minimum atomic E-state index is 0.641. The van der Waals surface area contributed by atoms with Crippen molar-refractivity contribution in [1.82, 2.24) is 0 Å². The van der Waals surface area contributed by atoms with Gasteiger partial charge in [0.2, 0.25) is 0 Å². The van der Waals surface area contributed by atoms with E-state index in [1.165, 1.54) is 5.56 Å². The average molecular weight is 297 g/mol. The van der Waals surface area contributed by atoms with Gasteiger partial charge in [0.05, 0.1) is 11.3 Å². The molecule has 4 heteroatoms. The molecule has 3 rings (SSSR count). The summed E-state index contributed by atoms with van der Waals surface area (Å²) in [5.74, 6) is 2.55. The van der Waals surface area contributed by atoms with E-state index in [-0.39, 0.29) is 0 Å². The first kappa shape index (κ1) is 14.4.